The van der Waals surface area contributed by atoms with Crippen LogP contribution in [0.2, 0.25) is 0 Å². The maximum Gasteiger partial charge on any atom is 0.311 e. The molecule has 0 aromatic carbocycles. The topological polar surface area (TPSA) is 72.5 Å². The number of aliphatic hydroxyl groups excluding tert-OH is 1. The molecular weight excluding hydrogens is 182 g/mol. The molecular formula is C10H19NO3. The van der Waals surface area contributed by atoms with E-state index in [1.54, 1.807) is 6.92 Å². The van der Waals surface area contributed by atoms with Crippen LogP contribution in [0.5, 0.6) is 0 Å². The Morgan fingerprint density at radius 1 is 1.57 bits per heavy atom. The minimum atomic E-state index is -0.753. The fraction of sp³-hybridized carbons (Fsp3) is 0.900. The van der Waals surface area contributed by atoms with Crippen molar-refractivity contribution in [2.75, 3.05) is 0 Å². The van der Waals surface area contributed by atoms with Crippen molar-refractivity contribution in [3.8, 4) is 0 Å². The Bertz CT molecular complexity index is 217. The summed E-state index contributed by atoms with van der Waals surface area (Å²) >= 11 is 0. The van der Waals surface area contributed by atoms with Gasteiger partial charge in [-0.3, -0.25) is 4.79 Å². The highest BCUT2D eigenvalue weighted by Gasteiger charge is 2.43. The van der Waals surface area contributed by atoms with Crippen molar-refractivity contribution in [2.45, 2.75) is 45.4 Å². The van der Waals surface area contributed by atoms with E-state index < -0.39 is 18.1 Å². The fourth-order valence-electron chi connectivity index (χ4n) is 1.75. The fourth-order valence-corrected chi connectivity index (χ4v) is 1.75. The Hall–Kier alpha value is -0.610. The van der Waals surface area contributed by atoms with Crippen LogP contribution in [0, 0.1) is 11.8 Å². The van der Waals surface area contributed by atoms with E-state index >= 15 is 0 Å². The van der Waals surface area contributed by atoms with E-state index in [1.807, 2.05) is 13.8 Å². The zero-order chi connectivity index (χ0) is 10.9. The molecule has 0 saturated carbocycles. The largest absolute Gasteiger partial charge is 0.458 e. The Labute approximate surface area is 84.4 Å². The van der Waals surface area contributed by atoms with E-state index in [9.17, 15) is 9.90 Å². The molecule has 0 amide bonds. The lowest BCUT2D eigenvalue weighted by atomic mass is 9.94. The maximum absolute atomic E-state index is 11.1. The quantitative estimate of drug-likeness (QED) is 0.643. The number of aliphatic hydroxyl groups is 1. The van der Waals surface area contributed by atoms with Crippen LogP contribution >= 0.6 is 0 Å². The van der Waals surface area contributed by atoms with Gasteiger partial charge in [-0.1, -0.05) is 13.8 Å². The number of hydrogen-bond donors (Lipinski definition) is 2. The second-order valence-corrected chi connectivity index (χ2v) is 4.47. The molecule has 0 aliphatic carbocycles. The molecule has 1 rings (SSSR count). The van der Waals surface area contributed by atoms with E-state index in [4.69, 9.17) is 10.5 Å². The van der Waals surface area contributed by atoms with Gasteiger partial charge in [-0.15, -0.1) is 0 Å². The normalized spacial score (nSPS) is 34.7. The molecule has 3 N–H and O–H groups in total. The average Bonchev–Trinajstić information content (AvgIpc) is 2.32. The number of hydrogen-bond acceptors (Lipinski definition) is 4. The highest BCUT2D eigenvalue weighted by atomic mass is 16.6. The van der Waals surface area contributed by atoms with Gasteiger partial charge >= 0.3 is 5.97 Å². The SMILES string of the molecule is CC(C)C[C@H](N)[C@H]1OC(=O)[C@H](C)[C@@H]1O. The van der Waals surface area contributed by atoms with Crippen LogP contribution in [0.25, 0.3) is 0 Å². The molecule has 1 heterocycles. The molecule has 4 nitrogen and oxygen atoms in total. The first kappa shape index (κ1) is 11.5. The molecule has 0 unspecified atom stereocenters. The van der Waals surface area contributed by atoms with Crippen LogP contribution in [0.4, 0.5) is 0 Å². The van der Waals surface area contributed by atoms with Gasteiger partial charge in [0.15, 0.2) is 0 Å². The highest BCUT2D eigenvalue weighted by molar-refractivity contribution is 5.75. The van der Waals surface area contributed by atoms with E-state index in [1.165, 1.54) is 0 Å². The van der Waals surface area contributed by atoms with Crippen molar-refractivity contribution in [1.29, 1.82) is 0 Å². The summed E-state index contributed by atoms with van der Waals surface area (Å²) in [5.74, 6) is -0.355. The molecule has 1 saturated heterocycles. The lowest BCUT2D eigenvalue weighted by molar-refractivity contribution is -0.144. The van der Waals surface area contributed by atoms with Gasteiger partial charge < -0.3 is 15.6 Å². The third-order valence-electron chi connectivity index (χ3n) is 2.64. The molecule has 4 heteroatoms. The summed E-state index contributed by atoms with van der Waals surface area (Å²) < 4.78 is 5.03. The minimum Gasteiger partial charge on any atom is -0.458 e. The Kier molecular flexibility index (Phi) is 3.50. The van der Waals surface area contributed by atoms with Crippen molar-refractivity contribution in [3.63, 3.8) is 0 Å². The van der Waals surface area contributed by atoms with Crippen molar-refractivity contribution < 1.29 is 14.6 Å². The number of rotatable bonds is 3. The number of carbonyl (C=O) groups excluding carboxylic acids is 1. The number of esters is 1. The standard InChI is InChI=1S/C10H19NO3/c1-5(2)4-7(11)9-8(12)6(3)10(13)14-9/h5-9,12H,4,11H2,1-3H3/t6-,7+,8+,9-/m1/s1. The van der Waals surface area contributed by atoms with Crippen LogP contribution in [0.1, 0.15) is 27.2 Å². The first-order chi connectivity index (χ1) is 6.43. The summed E-state index contributed by atoms with van der Waals surface area (Å²) in [6.45, 7) is 5.76. The van der Waals surface area contributed by atoms with Crippen molar-refractivity contribution in [3.05, 3.63) is 0 Å². The predicted octanol–water partition coefficient (Wildman–Crippen LogP) is 0.282. The molecule has 1 aliphatic heterocycles. The highest BCUT2D eigenvalue weighted by Crippen LogP contribution is 2.25. The molecule has 82 valence electrons. The van der Waals surface area contributed by atoms with Gasteiger partial charge in [-0.25, -0.2) is 0 Å². The van der Waals surface area contributed by atoms with Gasteiger partial charge in [-0.2, -0.15) is 0 Å². The Balaban J connectivity index is 2.57. The number of nitrogens with two attached hydrogens (primary N) is 1. The van der Waals surface area contributed by atoms with Gasteiger partial charge in [0.05, 0.1) is 5.92 Å². The van der Waals surface area contributed by atoms with Gasteiger partial charge in [0, 0.05) is 6.04 Å². The summed E-state index contributed by atoms with van der Waals surface area (Å²) in [6, 6.07) is -0.265. The van der Waals surface area contributed by atoms with E-state index in [2.05, 4.69) is 0 Å². The Morgan fingerprint density at radius 2 is 2.14 bits per heavy atom. The lowest BCUT2D eigenvalue weighted by Gasteiger charge is -2.22. The maximum atomic E-state index is 11.1. The lowest BCUT2D eigenvalue weighted by Crippen LogP contribution is -2.42. The van der Waals surface area contributed by atoms with Crippen LogP contribution in [0.15, 0.2) is 0 Å². The van der Waals surface area contributed by atoms with Gasteiger partial charge in [0.25, 0.3) is 0 Å². The molecule has 0 aromatic rings. The van der Waals surface area contributed by atoms with Gasteiger partial charge in [0.2, 0.25) is 0 Å². The molecule has 4 atom stereocenters. The molecule has 0 spiro atoms. The number of cyclic esters (lactones) is 1. The first-order valence-electron chi connectivity index (χ1n) is 5.07. The summed E-state index contributed by atoms with van der Waals surface area (Å²) in [7, 11) is 0. The zero-order valence-corrected chi connectivity index (χ0v) is 8.93. The van der Waals surface area contributed by atoms with Crippen LogP contribution in [0.3, 0.4) is 0 Å². The van der Waals surface area contributed by atoms with E-state index in [0.29, 0.717) is 5.92 Å². The average molecular weight is 201 g/mol. The number of ether oxygens (including phenoxy) is 1. The van der Waals surface area contributed by atoms with Crippen LogP contribution in [-0.4, -0.2) is 29.3 Å². The second-order valence-electron chi connectivity index (χ2n) is 4.47. The summed E-state index contributed by atoms with van der Waals surface area (Å²) in [5, 5.41) is 9.69. The minimum absolute atomic E-state index is 0.265. The molecule has 0 bridgehead atoms. The van der Waals surface area contributed by atoms with Crippen molar-refractivity contribution >= 4 is 5.97 Å². The predicted molar refractivity (Wildman–Crippen MR) is 52.5 cm³/mol. The first-order valence-corrected chi connectivity index (χ1v) is 5.07. The zero-order valence-electron chi connectivity index (χ0n) is 8.93. The Morgan fingerprint density at radius 3 is 2.50 bits per heavy atom. The third-order valence-corrected chi connectivity index (χ3v) is 2.64. The smallest absolute Gasteiger partial charge is 0.311 e. The van der Waals surface area contributed by atoms with Crippen molar-refractivity contribution in [2.24, 2.45) is 17.6 Å². The van der Waals surface area contributed by atoms with Gasteiger partial charge in [-0.05, 0) is 19.3 Å². The van der Waals surface area contributed by atoms with Crippen LogP contribution < -0.4 is 5.73 Å². The number of carbonyl (C=O) groups is 1. The molecule has 0 aromatic heterocycles. The molecule has 1 aliphatic rings. The molecule has 0 radical (unpaired) electrons. The molecule has 14 heavy (non-hydrogen) atoms. The summed E-state index contributed by atoms with van der Waals surface area (Å²) in [4.78, 5) is 11.1. The second kappa shape index (κ2) is 4.28. The monoisotopic (exact) mass is 201 g/mol. The van der Waals surface area contributed by atoms with E-state index in [-0.39, 0.29) is 12.0 Å². The summed E-state index contributed by atoms with van der Waals surface area (Å²) in [5.41, 5.74) is 5.86. The third kappa shape index (κ3) is 2.25. The summed E-state index contributed by atoms with van der Waals surface area (Å²) in [6.07, 6.45) is -0.530. The van der Waals surface area contributed by atoms with E-state index in [0.717, 1.165) is 6.42 Å². The van der Waals surface area contributed by atoms with Gasteiger partial charge in [0.1, 0.15) is 12.2 Å². The van der Waals surface area contributed by atoms with Crippen LogP contribution in [-0.2, 0) is 9.53 Å². The molecule has 1 fully saturated rings. The van der Waals surface area contributed by atoms with Crippen molar-refractivity contribution in [1.82, 2.24) is 0 Å².